The number of aliphatic hydroxyl groups excluding tert-OH is 7. The number of sulfonamides is 1. The molecule has 1 aromatic carbocycles. The van der Waals surface area contributed by atoms with Crippen molar-refractivity contribution in [3.63, 3.8) is 0 Å². The summed E-state index contributed by atoms with van der Waals surface area (Å²) in [5.74, 6) is 0.460. The number of amidine groups is 1. The molecule has 4 fully saturated rings. The topological polar surface area (TPSA) is 354 Å². The lowest BCUT2D eigenvalue weighted by Crippen LogP contribution is -2.68. The zero-order valence-electron chi connectivity index (χ0n) is 32.9. The van der Waals surface area contributed by atoms with Crippen molar-refractivity contribution in [1.82, 2.24) is 9.62 Å². The molecule has 4 heterocycles. The average Bonchev–Trinajstić information content (AvgIpc) is 3.42. The first kappa shape index (κ1) is 46.8. The molecule has 16 N–H and O–H groups in total. The Kier molecular flexibility index (Phi) is 16.2. The quantitative estimate of drug-likeness (QED) is 0.104. The van der Waals surface area contributed by atoms with Crippen LogP contribution in [0.2, 0.25) is 0 Å². The molecule has 330 valence electrons. The highest BCUT2D eigenvalue weighted by Crippen LogP contribution is 2.33. The summed E-state index contributed by atoms with van der Waals surface area (Å²) < 4.78 is 55.3. The predicted molar refractivity (Wildman–Crippen MR) is 208 cm³/mol. The van der Waals surface area contributed by atoms with Gasteiger partial charge in [-0.05, 0) is 43.9 Å². The number of nitrogens with two attached hydrogens (primary N) is 4. The molecule has 5 aliphatic rings. The molecule has 58 heavy (non-hydrogen) atoms. The number of aliphatic imine (C=N–C) groups is 1. The van der Waals surface area contributed by atoms with Gasteiger partial charge in [-0.25, -0.2) is 8.42 Å². The molecule has 1 saturated carbocycles. The number of aryl methyl sites for hydroxylation is 2. The molecular weight excluding hydrogens is 786 g/mol. The second-order valence-electron chi connectivity index (χ2n) is 15.3. The van der Waals surface area contributed by atoms with E-state index in [1.165, 1.54) is 0 Å². The molecular formula is C36H61N7O14S. The van der Waals surface area contributed by atoms with E-state index >= 15 is 0 Å². The minimum atomic E-state index is -3.56. The van der Waals surface area contributed by atoms with E-state index in [0.29, 0.717) is 28.4 Å². The summed E-state index contributed by atoms with van der Waals surface area (Å²) in [6.07, 6.45) is -16.5. The fourth-order valence-corrected chi connectivity index (χ4v) is 9.01. The second kappa shape index (κ2) is 20.0. The fraction of sp³-hybridized carbons (Fsp3) is 0.750. The summed E-state index contributed by atoms with van der Waals surface area (Å²) in [7, 11) is -3.56. The molecule has 21 nitrogen and oxygen atoms in total. The van der Waals surface area contributed by atoms with Gasteiger partial charge < -0.3 is 82.4 Å². The van der Waals surface area contributed by atoms with E-state index in [0.717, 1.165) is 44.0 Å². The number of nitrogens with zero attached hydrogens (tertiary/aromatic N) is 2. The number of ether oxygens (including phenoxy) is 5. The Morgan fingerprint density at radius 3 is 2.02 bits per heavy atom. The summed E-state index contributed by atoms with van der Waals surface area (Å²) in [5.41, 5.74) is 27.1. The van der Waals surface area contributed by atoms with Crippen molar-refractivity contribution in [1.29, 1.82) is 0 Å². The van der Waals surface area contributed by atoms with E-state index < -0.39 is 108 Å². The molecule has 1 aromatic rings. The Balaban J connectivity index is 0.000000229. The van der Waals surface area contributed by atoms with E-state index in [2.05, 4.69) is 14.6 Å². The van der Waals surface area contributed by atoms with Crippen LogP contribution in [0, 0.1) is 13.8 Å². The molecule has 4 aliphatic heterocycles. The molecule has 0 amide bonds. The number of aliphatic hydroxyl groups is 7. The number of hydrogen-bond acceptors (Lipinski definition) is 20. The molecule has 3 saturated heterocycles. The maximum atomic E-state index is 12.6. The van der Waals surface area contributed by atoms with E-state index in [-0.39, 0.29) is 13.0 Å². The number of morpholine rings is 1. The Morgan fingerprint density at radius 2 is 1.43 bits per heavy atom. The highest BCUT2D eigenvalue weighted by Gasteiger charge is 2.51. The van der Waals surface area contributed by atoms with Crippen LogP contribution < -0.4 is 27.7 Å². The zero-order valence-corrected chi connectivity index (χ0v) is 33.7. The third kappa shape index (κ3) is 10.4. The van der Waals surface area contributed by atoms with Crippen molar-refractivity contribution in [3.8, 4) is 0 Å². The molecule has 6 rings (SSSR count). The zero-order chi connectivity index (χ0) is 42.6. The van der Waals surface area contributed by atoms with Crippen LogP contribution in [0.15, 0.2) is 28.8 Å². The van der Waals surface area contributed by atoms with Crippen molar-refractivity contribution in [2.75, 3.05) is 52.5 Å². The van der Waals surface area contributed by atoms with Gasteiger partial charge in [0, 0.05) is 43.8 Å². The van der Waals surface area contributed by atoms with Crippen LogP contribution in [0.1, 0.15) is 30.0 Å². The number of benzene rings is 1. The van der Waals surface area contributed by atoms with Crippen LogP contribution in [0.4, 0.5) is 0 Å². The minimum absolute atomic E-state index is 0.0849. The summed E-state index contributed by atoms with van der Waals surface area (Å²) >= 11 is 0. The van der Waals surface area contributed by atoms with Gasteiger partial charge in [0.1, 0.15) is 71.8 Å². The molecule has 1 aliphatic carbocycles. The lowest BCUT2D eigenvalue weighted by molar-refractivity contribution is -0.332. The molecule has 22 heteroatoms. The molecule has 15 atom stereocenters. The Morgan fingerprint density at radius 1 is 0.828 bits per heavy atom. The van der Waals surface area contributed by atoms with Gasteiger partial charge in [0.15, 0.2) is 12.6 Å². The van der Waals surface area contributed by atoms with Crippen LogP contribution in [-0.2, 0) is 33.7 Å². The van der Waals surface area contributed by atoms with Gasteiger partial charge in [-0.1, -0.05) is 18.2 Å². The van der Waals surface area contributed by atoms with E-state index in [1.807, 2.05) is 39.0 Å². The van der Waals surface area contributed by atoms with Crippen LogP contribution in [0.25, 0.3) is 4.91 Å². The SMILES string of the molecule is CC1=C(c2ccc(C)c(C)c2)S(=O)(=O)NC1=NCCN1CCOCC1.NC[C@H]1O[C@H](O[C@H]2[C@H](O)[C@@H](O[C@H]3O[C@H](CO)[C@@H](O)[C@H](N)[C@H]3O)[C@H](N)C[C@@H]2N)[C@H](O)[C@@H](O)[C@@H]1O. The smallest absolute Gasteiger partial charge is 0.264 e. The van der Waals surface area contributed by atoms with Gasteiger partial charge in [-0.3, -0.25) is 14.6 Å². The molecule has 0 spiro atoms. The van der Waals surface area contributed by atoms with Crippen LogP contribution >= 0.6 is 0 Å². The van der Waals surface area contributed by atoms with Crippen LogP contribution in [0.3, 0.4) is 0 Å². The van der Waals surface area contributed by atoms with Crippen molar-refractivity contribution in [3.05, 3.63) is 40.5 Å². The van der Waals surface area contributed by atoms with Gasteiger partial charge >= 0.3 is 0 Å². The highest BCUT2D eigenvalue weighted by molar-refractivity contribution is 8.00. The van der Waals surface area contributed by atoms with Crippen LogP contribution in [0.5, 0.6) is 0 Å². The summed E-state index contributed by atoms with van der Waals surface area (Å²) in [4.78, 5) is 7.11. The lowest BCUT2D eigenvalue weighted by atomic mass is 9.84. The third-order valence-electron chi connectivity index (χ3n) is 11.2. The highest BCUT2D eigenvalue weighted by atomic mass is 32.2. The number of nitrogens with one attached hydrogen (secondary N) is 1. The van der Waals surface area contributed by atoms with E-state index in [1.54, 1.807) is 0 Å². The first-order chi connectivity index (χ1) is 27.4. The Hall–Kier alpha value is -2.30. The van der Waals surface area contributed by atoms with Crippen molar-refractivity contribution < 1.29 is 67.8 Å². The predicted octanol–water partition coefficient (Wildman–Crippen LogP) is -5.59. The molecule has 0 aromatic heterocycles. The fourth-order valence-electron chi connectivity index (χ4n) is 7.50. The van der Waals surface area contributed by atoms with Gasteiger partial charge in [-0.15, -0.1) is 0 Å². The molecule has 0 unspecified atom stereocenters. The monoisotopic (exact) mass is 847 g/mol. The summed E-state index contributed by atoms with van der Waals surface area (Å²) in [6.45, 7) is 9.73. The van der Waals surface area contributed by atoms with Gasteiger partial charge in [-0.2, -0.15) is 0 Å². The third-order valence-corrected chi connectivity index (χ3v) is 12.8. The van der Waals surface area contributed by atoms with E-state index in [4.69, 9.17) is 46.6 Å². The number of hydrogen-bond donors (Lipinski definition) is 12. The van der Waals surface area contributed by atoms with Crippen molar-refractivity contribution in [2.24, 2.45) is 27.9 Å². The normalized spacial score (nSPS) is 40.2. The number of rotatable bonds is 10. The standard InChI is InChI=1S/C18H36N4O11.C18H25N3O3S/c19-2-6-10(25)12(27)13(28)18(30-6)33-16-5(21)1-4(20)15(14(16)29)32-17-11(26)8(22)9(24)7(3-23)31-17;1-13-4-5-16(12-14(13)2)17-15(3)18(20-25(17,22)23)19-6-7-21-8-10-24-11-9-21/h4-18,23-29H,1-3,19-22H2;4-5,12H,6-11H2,1-3H3,(H,19,20)/t4-,5+,6-,7-,8+,9-,10-,11-,12+,13-,14-,15+,16-,17-,18-;/m1./s1. The average molecular weight is 848 g/mol. The van der Waals surface area contributed by atoms with Gasteiger partial charge in [0.05, 0.1) is 32.4 Å². The first-order valence-corrected chi connectivity index (χ1v) is 20.8. The first-order valence-electron chi connectivity index (χ1n) is 19.3. The molecule has 0 bridgehead atoms. The Labute approximate surface area is 337 Å². The second-order valence-corrected chi connectivity index (χ2v) is 17.0. The van der Waals surface area contributed by atoms with Gasteiger partial charge in [0.25, 0.3) is 10.0 Å². The summed E-state index contributed by atoms with van der Waals surface area (Å²) in [5, 5.41) is 70.9. The summed E-state index contributed by atoms with van der Waals surface area (Å²) in [6, 6.07) is 2.87. The molecule has 0 radical (unpaired) electrons. The minimum Gasteiger partial charge on any atom is -0.394 e. The maximum absolute atomic E-state index is 12.6. The Bertz CT molecular complexity index is 1650. The maximum Gasteiger partial charge on any atom is 0.264 e. The van der Waals surface area contributed by atoms with E-state index in [9.17, 15) is 44.2 Å². The van der Waals surface area contributed by atoms with Crippen molar-refractivity contribution >= 4 is 20.8 Å². The largest absolute Gasteiger partial charge is 0.394 e. The van der Waals surface area contributed by atoms with Crippen molar-refractivity contribution in [2.45, 2.75) is 119 Å². The lowest BCUT2D eigenvalue weighted by Gasteiger charge is -2.48. The van der Waals surface area contributed by atoms with Crippen LogP contribution in [-0.4, -0.2) is 199 Å². The van der Waals surface area contributed by atoms with Gasteiger partial charge in [0.2, 0.25) is 0 Å².